The second kappa shape index (κ2) is 7.83. The Bertz CT molecular complexity index is 779. The lowest BCUT2D eigenvalue weighted by Crippen LogP contribution is -2.14. The van der Waals surface area contributed by atoms with E-state index >= 15 is 0 Å². The van der Waals surface area contributed by atoms with Crippen LogP contribution in [0.1, 0.15) is 51.6 Å². The summed E-state index contributed by atoms with van der Waals surface area (Å²) >= 11 is 0. The fourth-order valence-electron chi connectivity index (χ4n) is 2.58. The molecule has 5 heteroatoms. The summed E-state index contributed by atoms with van der Waals surface area (Å²) < 4.78 is 10.1. The van der Waals surface area contributed by atoms with E-state index in [0.29, 0.717) is 16.8 Å². The van der Waals surface area contributed by atoms with Gasteiger partial charge < -0.3 is 14.8 Å². The number of anilines is 1. The number of rotatable bonds is 5. The van der Waals surface area contributed by atoms with Gasteiger partial charge in [0, 0.05) is 11.3 Å². The zero-order chi connectivity index (χ0) is 18.6. The van der Waals surface area contributed by atoms with Crippen LogP contribution in [0.4, 0.5) is 5.69 Å². The number of hydrogen-bond donors (Lipinski definition) is 1. The summed E-state index contributed by atoms with van der Waals surface area (Å²) in [5.41, 5.74) is 3.47. The molecule has 0 atom stereocenters. The van der Waals surface area contributed by atoms with E-state index in [-0.39, 0.29) is 11.8 Å². The Morgan fingerprint density at radius 2 is 1.68 bits per heavy atom. The molecule has 0 aliphatic rings. The predicted octanol–water partition coefficient (Wildman–Crippen LogP) is 4.17. The van der Waals surface area contributed by atoms with Crippen LogP contribution >= 0.6 is 0 Å². The molecule has 1 N–H and O–H groups in total. The molecule has 0 aromatic heterocycles. The van der Waals surface area contributed by atoms with Crippen LogP contribution in [0.25, 0.3) is 0 Å². The smallest absolute Gasteiger partial charge is 0.337 e. The SMILES string of the molecule is COC(=O)c1ccc(NC(=O)c2cc(C(C)C)c(OC)cc2C)cc1. The van der Waals surface area contributed by atoms with Crippen molar-refractivity contribution >= 4 is 17.6 Å². The quantitative estimate of drug-likeness (QED) is 0.829. The summed E-state index contributed by atoms with van der Waals surface area (Å²) in [6.07, 6.45) is 0. The van der Waals surface area contributed by atoms with Crippen LogP contribution < -0.4 is 10.1 Å². The van der Waals surface area contributed by atoms with Gasteiger partial charge in [-0.3, -0.25) is 4.79 Å². The van der Waals surface area contributed by atoms with Crippen LogP contribution in [0.5, 0.6) is 5.75 Å². The molecule has 0 radical (unpaired) electrons. The maximum absolute atomic E-state index is 12.6. The van der Waals surface area contributed by atoms with E-state index in [0.717, 1.165) is 16.9 Å². The summed E-state index contributed by atoms with van der Waals surface area (Å²) in [6, 6.07) is 10.3. The van der Waals surface area contributed by atoms with E-state index in [4.69, 9.17) is 4.74 Å². The zero-order valence-electron chi connectivity index (χ0n) is 15.2. The lowest BCUT2D eigenvalue weighted by atomic mass is 9.96. The summed E-state index contributed by atoms with van der Waals surface area (Å²) in [5.74, 6) is 0.409. The number of esters is 1. The molecular weight excluding hydrogens is 318 g/mol. The normalized spacial score (nSPS) is 10.5. The number of benzene rings is 2. The van der Waals surface area contributed by atoms with Crippen molar-refractivity contribution in [1.82, 2.24) is 0 Å². The predicted molar refractivity (Wildman–Crippen MR) is 97.6 cm³/mol. The molecule has 0 aliphatic carbocycles. The van der Waals surface area contributed by atoms with Crippen LogP contribution in [-0.4, -0.2) is 26.1 Å². The van der Waals surface area contributed by atoms with E-state index in [1.54, 1.807) is 31.4 Å². The molecular formula is C20H23NO4. The molecule has 5 nitrogen and oxygen atoms in total. The Kier molecular flexibility index (Phi) is 5.80. The van der Waals surface area contributed by atoms with Gasteiger partial charge in [0.25, 0.3) is 5.91 Å². The molecule has 132 valence electrons. The van der Waals surface area contributed by atoms with Crippen molar-refractivity contribution in [1.29, 1.82) is 0 Å². The third-order valence-electron chi connectivity index (χ3n) is 4.01. The standard InChI is InChI=1S/C20H23NO4/c1-12(2)16-11-17(13(3)10-18(16)24-4)19(22)21-15-8-6-14(7-9-15)20(23)25-5/h6-12H,1-5H3,(H,21,22). The third-order valence-corrected chi connectivity index (χ3v) is 4.01. The summed E-state index contributed by atoms with van der Waals surface area (Å²) in [7, 11) is 2.96. The van der Waals surface area contributed by atoms with Crippen LogP contribution in [0.3, 0.4) is 0 Å². The number of methoxy groups -OCH3 is 2. The Hall–Kier alpha value is -2.82. The molecule has 0 saturated carbocycles. The topological polar surface area (TPSA) is 64.6 Å². The fourth-order valence-corrected chi connectivity index (χ4v) is 2.58. The van der Waals surface area contributed by atoms with Gasteiger partial charge >= 0.3 is 5.97 Å². The van der Waals surface area contributed by atoms with Crippen LogP contribution in [0.2, 0.25) is 0 Å². The van der Waals surface area contributed by atoms with Crippen LogP contribution in [0, 0.1) is 6.92 Å². The van der Waals surface area contributed by atoms with Gasteiger partial charge in [-0.05, 0) is 60.4 Å². The summed E-state index contributed by atoms with van der Waals surface area (Å²) in [5, 5.41) is 2.85. The van der Waals surface area contributed by atoms with Gasteiger partial charge in [0.1, 0.15) is 5.75 Å². The zero-order valence-corrected chi connectivity index (χ0v) is 15.2. The van der Waals surface area contributed by atoms with E-state index in [2.05, 4.69) is 23.9 Å². The van der Waals surface area contributed by atoms with Crippen LogP contribution in [-0.2, 0) is 4.74 Å². The fraction of sp³-hybridized carbons (Fsp3) is 0.300. The average Bonchev–Trinajstić information content (AvgIpc) is 2.60. The first kappa shape index (κ1) is 18.5. The number of carbonyl (C=O) groups is 2. The molecule has 0 aliphatic heterocycles. The van der Waals surface area contributed by atoms with E-state index in [1.165, 1.54) is 7.11 Å². The van der Waals surface area contributed by atoms with Crippen molar-refractivity contribution in [2.45, 2.75) is 26.7 Å². The maximum atomic E-state index is 12.6. The second-order valence-electron chi connectivity index (χ2n) is 6.09. The second-order valence-corrected chi connectivity index (χ2v) is 6.09. The lowest BCUT2D eigenvalue weighted by Gasteiger charge is -2.16. The minimum Gasteiger partial charge on any atom is -0.496 e. The third kappa shape index (κ3) is 4.18. The number of ether oxygens (including phenoxy) is 2. The Labute approximate surface area is 148 Å². The van der Waals surface area contributed by atoms with Gasteiger partial charge in [0.05, 0.1) is 19.8 Å². The first-order chi connectivity index (χ1) is 11.9. The molecule has 2 rings (SSSR count). The van der Waals surface area contributed by atoms with Crippen molar-refractivity contribution in [2.24, 2.45) is 0 Å². The number of hydrogen-bond acceptors (Lipinski definition) is 4. The monoisotopic (exact) mass is 341 g/mol. The number of aryl methyl sites for hydroxylation is 1. The van der Waals surface area contributed by atoms with Crippen molar-refractivity contribution < 1.29 is 19.1 Å². The molecule has 0 saturated heterocycles. The molecule has 25 heavy (non-hydrogen) atoms. The van der Waals surface area contributed by atoms with Gasteiger partial charge in [-0.2, -0.15) is 0 Å². The molecule has 0 spiro atoms. The van der Waals surface area contributed by atoms with Gasteiger partial charge in [-0.15, -0.1) is 0 Å². The number of amides is 1. The van der Waals surface area contributed by atoms with Gasteiger partial charge in [-0.25, -0.2) is 4.79 Å². The summed E-state index contributed by atoms with van der Waals surface area (Å²) in [4.78, 5) is 24.1. The van der Waals surface area contributed by atoms with Gasteiger partial charge in [-0.1, -0.05) is 13.8 Å². The Morgan fingerprint density at radius 3 is 2.20 bits per heavy atom. The number of nitrogens with one attached hydrogen (secondary N) is 1. The highest BCUT2D eigenvalue weighted by Crippen LogP contribution is 2.30. The molecule has 2 aromatic rings. The lowest BCUT2D eigenvalue weighted by molar-refractivity contribution is 0.0600. The van der Waals surface area contributed by atoms with Gasteiger partial charge in [0.2, 0.25) is 0 Å². The van der Waals surface area contributed by atoms with E-state index in [9.17, 15) is 9.59 Å². The Balaban J connectivity index is 2.26. The molecule has 1 amide bonds. The van der Waals surface area contributed by atoms with Crippen LogP contribution in [0.15, 0.2) is 36.4 Å². The van der Waals surface area contributed by atoms with Crippen molar-refractivity contribution in [3.05, 3.63) is 58.7 Å². The largest absolute Gasteiger partial charge is 0.496 e. The first-order valence-electron chi connectivity index (χ1n) is 8.05. The van der Waals surface area contributed by atoms with Crippen molar-refractivity contribution in [2.75, 3.05) is 19.5 Å². The van der Waals surface area contributed by atoms with Crippen molar-refractivity contribution in [3.63, 3.8) is 0 Å². The average molecular weight is 341 g/mol. The first-order valence-corrected chi connectivity index (χ1v) is 8.05. The van der Waals surface area contributed by atoms with Crippen molar-refractivity contribution in [3.8, 4) is 5.75 Å². The molecule has 0 fully saturated rings. The molecule has 0 unspecified atom stereocenters. The minimum atomic E-state index is -0.412. The minimum absolute atomic E-state index is 0.201. The van der Waals surface area contributed by atoms with E-state index in [1.807, 2.05) is 19.1 Å². The molecule has 2 aromatic carbocycles. The highest BCUT2D eigenvalue weighted by molar-refractivity contribution is 6.05. The number of carbonyl (C=O) groups excluding carboxylic acids is 2. The molecule has 0 bridgehead atoms. The molecule has 0 heterocycles. The van der Waals surface area contributed by atoms with E-state index < -0.39 is 5.97 Å². The Morgan fingerprint density at radius 1 is 1.04 bits per heavy atom. The van der Waals surface area contributed by atoms with Gasteiger partial charge in [0.15, 0.2) is 0 Å². The highest BCUT2D eigenvalue weighted by Gasteiger charge is 2.16. The highest BCUT2D eigenvalue weighted by atomic mass is 16.5. The summed E-state index contributed by atoms with van der Waals surface area (Å²) in [6.45, 7) is 5.99. The maximum Gasteiger partial charge on any atom is 0.337 e.